The minimum atomic E-state index is 0.105. The first-order valence-electron chi connectivity index (χ1n) is 6.37. The van der Waals surface area contributed by atoms with Crippen LogP contribution in [0, 0.1) is 6.92 Å². The Kier molecular flexibility index (Phi) is 5.35. The van der Waals surface area contributed by atoms with Crippen molar-refractivity contribution in [3.05, 3.63) is 28.8 Å². The molecule has 0 amide bonds. The summed E-state index contributed by atoms with van der Waals surface area (Å²) in [7, 11) is 4.02. The van der Waals surface area contributed by atoms with Gasteiger partial charge in [0.15, 0.2) is 5.78 Å². The molecular weight excluding hydrogens is 226 g/mol. The Bertz CT molecular complexity index is 425. The van der Waals surface area contributed by atoms with E-state index in [1.54, 1.807) is 6.92 Å². The molecule has 18 heavy (non-hydrogen) atoms. The number of nitrogens with zero attached hydrogens (tertiary/aromatic N) is 1. The zero-order valence-electron chi connectivity index (χ0n) is 12.0. The second-order valence-corrected chi connectivity index (χ2v) is 4.83. The van der Waals surface area contributed by atoms with Crippen LogP contribution in [0.1, 0.15) is 35.3 Å². The number of carbonyl (C=O) groups excluding carboxylic acids is 1. The molecule has 1 rings (SSSR count). The van der Waals surface area contributed by atoms with Crippen LogP contribution in [-0.2, 0) is 6.42 Å². The molecule has 0 saturated heterocycles. The van der Waals surface area contributed by atoms with E-state index in [4.69, 9.17) is 4.74 Å². The molecule has 0 heterocycles. The number of benzene rings is 1. The van der Waals surface area contributed by atoms with Gasteiger partial charge >= 0.3 is 0 Å². The summed E-state index contributed by atoms with van der Waals surface area (Å²) in [5.74, 6) is 0.893. The topological polar surface area (TPSA) is 29.5 Å². The van der Waals surface area contributed by atoms with E-state index < -0.39 is 0 Å². The number of aryl methyl sites for hydroxylation is 1. The molecule has 0 radical (unpaired) electrons. The van der Waals surface area contributed by atoms with Gasteiger partial charge < -0.3 is 9.64 Å². The van der Waals surface area contributed by atoms with Gasteiger partial charge in [-0.05, 0) is 57.6 Å². The van der Waals surface area contributed by atoms with E-state index in [2.05, 4.69) is 11.8 Å². The van der Waals surface area contributed by atoms with Gasteiger partial charge in [0.05, 0.1) is 0 Å². The SMILES string of the molecule is CCc1c(C)cc(OCCN(C)C)cc1C(C)=O. The number of ether oxygens (including phenoxy) is 1. The fraction of sp³-hybridized carbons (Fsp3) is 0.533. The van der Waals surface area contributed by atoms with Crippen molar-refractivity contribution in [1.29, 1.82) is 0 Å². The molecule has 0 spiro atoms. The Morgan fingerprint density at radius 3 is 2.50 bits per heavy atom. The van der Waals surface area contributed by atoms with Gasteiger partial charge in [-0.2, -0.15) is 0 Å². The molecule has 0 unspecified atom stereocenters. The van der Waals surface area contributed by atoms with Crippen LogP contribution in [0.15, 0.2) is 12.1 Å². The Hall–Kier alpha value is -1.35. The molecule has 0 aliphatic heterocycles. The second-order valence-electron chi connectivity index (χ2n) is 4.83. The Labute approximate surface area is 110 Å². The van der Waals surface area contributed by atoms with Gasteiger partial charge in [-0.1, -0.05) is 6.92 Å². The average molecular weight is 249 g/mol. The summed E-state index contributed by atoms with van der Waals surface area (Å²) in [5.41, 5.74) is 3.05. The predicted octanol–water partition coefficient (Wildman–Crippen LogP) is 2.70. The van der Waals surface area contributed by atoms with E-state index in [1.807, 2.05) is 33.2 Å². The van der Waals surface area contributed by atoms with Crippen LogP contribution >= 0.6 is 0 Å². The standard InChI is InChI=1S/C15H23NO2/c1-6-14-11(2)9-13(10-15(14)12(3)17)18-8-7-16(4)5/h9-10H,6-8H2,1-5H3. The predicted molar refractivity (Wildman–Crippen MR) is 74.6 cm³/mol. The lowest BCUT2D eigenvalue weighted by Crippen LogP contribution is -2.19. The zero-order valence-corrected chi connectivity index (χ0v) is 12.0. The third kappa shape index (κ3) is 3.84. The monoisotopic (exact) mass is 249 g/mol. The minimum Gasteiger partial charge on any atom is -0.492 e. The molecule has 1 aromatic rings. The summed E-state index contributed by atoms with van der Waals surface area (Å²) in [6.07, 6.45) is 0.874. The number of hydrogen-bond donors (Lipinski definition) is 0. The Morgan fingerprint density at radius 1 is 1.33 bits per heavy atom. The number of likely N-dealkylation sites (N-methyl/N-ethyl adjacent to an activating group) is 1. The van der Waals surface area contributed by atoms with Crippen LogP contribution in [0.4, 0.5) is 0 Å². The molecule has 1 aromatic carbocycles. The smallest absolute Gasteiger partial charge is 0.160 e. The van der Waals surface area contributed by atoms with Gasteiger partial charge in [0.25, 0.3) is 0 Å². The van der Waals surface area contributed by atoms with E-state index >= 15 is 0 Å². The first-order valence-corrected chi connectivity index (χ1v) is 6.37. The number of carbonyl (C=O) groups is 1. The lowest BCUT2D eigenvalue weighted by atomic mass is 9.97. The highest BCUT2D eigenvalue weighted by Crippen LogP contribution is 2.23. The van der Waals surface area contributed by atoms with E-state index in [9.17, 15) is 4.79 Å². The van der Waals surface area contributed by atoms with Crippen molar-refractivity contribution < 1.29 is 9.53 Å². The first kappa shape index (κ1) is 14.7. The van der Waals surface area contributed by atoms with Crippen molar-refractivity contribution in [2.24, 2.45) is 0 Å². The molecule has 0 aliphatic rings. The molecular formula is C15H23NO2. The zero-order chi connectivity index (χ0) is 13.7. The summed E-state index contributed by atoms with van der Waals surface area (Å²) in [6, 6.07) is 3.88. The van der Waals surface area contributed by atoms with Crippen LogP contribution in [0.2, 0.25) is 0 Å². The van der Waals surface area contributed by atoms with Crippen molar-refractivity contribution >= 4 is 5.78 Å². The lowest BCUT2D eigenvalue weighted by molar-refractivity contribution is 0.101. The number of Topliss-reactive ketones (excluding diaryl/α,β-unsaturated/α-hetero) is 1. The maximum atomic E-state index is 11.6. The van der Waals surface area contributed by atoms with Gasteiger partial charge in [-0.15, -0.1) is 0 Å². The molecule has 100 valence electrons. The maximum absolute atomic E-state index is 11.6. The van der Waals surface area contributed by atoms with Crippen LogP contribution in [0.5, 0.6) is 5.75 Å². The molecule has 0 fully saturated rings. The number of hydrogen-bond acceptors (Lipinski definition) is 3. The molecule has 0 aromatic heterocycles. The van der Waals surface area contributed by atoms with Crippen LogP contribution in [-0.4, -0.2) is 37.9 Å². The third-order valence-electron chi connectivity index (χ3n) is 2.99. The molecule has 0 saturated carbocycles. The fourth-order valence-electron chi connectivity index (χ4n) is 2.00. The Balaban J connectivity index is 2.91. The Morgan fingerprint density at radius 2 is 2.00 bits per heavy atom. The maximum Gasteiger partial charge on any atom is 0.160 e. The molecule has 0 bridgehead atoms. The van der Waals surface area contributed by atoms with Gasteiger partial charge in [0.1, 0.15) is 12.4 Å². The van der Waals surface area contributed by atoms with E-state index in [-0.39, 0.29) is 5.78 Å². The highest BCUT2D eigenvalue weighted by molar-refractivity contribution is 5.96. The average Bonchev–Trinajstić information content (AvgIpc) is 2.27. The second kappa shape index (κ2) is 6.55. The molecule has 3 nitrogen and oxygen atoms in total. The molecule has 0 aliphatic carbocycles. The van der Waals surface area contributed by atoms with Crippen molar-refractivity contribution in [3.63, 3.8) is 0 Å². The minimum absolute atomic E-state index is 0.105. The van der Waals surface area contributed by atoms with E-state index in [1.165, 1.54) is 0 Å². The van der Waals surface area contributed by atoms with E-state index in [0.29, 0.717) is 6.61 Å². The van der Waals surface area contributed by atoms with Crippen LogP contribution in [0.25, 0.3) is 0 Å². The summed E-state index contributed by atoms with van der Waals surface area (Å²) in [5, 5.41) is 0. The summed E-state index contributed by atoms with van der Waals surface area (Å²) in [4.78, 5) is 13.7. The quantitative estimate of drug-likeness (QED) is 0.726. The summed E-state index contributed by atoms with van der Waals surface area (Å²) < 4.78 is 5.69. The van der Waals surface area contributed by atoms with Crippen molar-refractivity contribution in [2.75, 3.05) is 27.2 Å². The number of rotatable bonds is 6. The molecule has 3 heteroatoms. The molecule has 0 N–H and O–H groups in total. The molecule has 0 atom stereocenters. The summed E-state index contributed by atoms with van der Waals surface area (Å²) in [6.45, 7) is 7.21. The van der Waals surface area contributed by atoms with Crippen LogP contribution < -0.4 is 4.74 Å². The van der Waals surface area contributed by atoms with Crippen molar-refractivity contribution in [3.8, 4) is 5.75 Å². The van der Waals surface area contributed by atoms with Gasteiger partial charge in [-0.25, -0.2) is 0 Å². The van der Waals surface area contributed by atoms with E-state index in [0.717, 1.165) is 35.4 Å². The van der Waals surface area contributed by atoms with Crippen LogP contribution in [0.3, 0.4) is 0 Å². The van der Waals surface area contributed by atoms with Crippen molar-refractivity contribution in [2.45, 2.75) is 27.2 Å². The highest BCUT2D eigenvalue weighted by Gasteiger charge is 2.11. The highest BCUT2D eigenvalue weighted by atomic mass is 16.5. The number of ketones is 1. The van der Waals surface area contributed by atoms with Gasteiger partial charge in [0, 0.05) is 12.1 Å². The first-order chi connectivity index (χ1) is 8.45. The normalized spacial score (nSPS) is 10.8. The third-order valence-corrected chi connectivity index (χ3v) is 2.99. The summed E-state index contributed by atoms with van der Waals surface area (Å²) >= 11 is 0. The fourth-order valence-corrected chi connectivity index (χ4v) is 2.00. The van der Waals surface area contributed by atoms with Gasteiger partial charge in [-0.3, -0.25) is 4.79 Å². The van der Waals surface area contributed by atoms with Gasteiger partial charge in [0.2, 0.25) is 0 Å². The van der Waals surface area contributed by atoms with Crippen molar-refractivity contribution in [1.82, 2.24) is 4.90 Å². The largest absolute Gasteiger partial charge is 0.492 e. The lowest BCUT2D eigenvalue weighted by Gasteiger charge is -2.14.